The number of rotatable bonds is 9. The molecule has 0 spiro atoms. The zero-order valence-electron chi connectivity index (χ0n) is 16.4. The first kappa shape index (κ1) is 19.0. The second-order valence-corrected chi connectivity index (χ2v) is 8.05. The van der Waals surface area contributed by atoms with Gasteiger partial charge in [-0.3, -0.25) is 0 Å². The van der Waals surface area contributed by atoms with E-state index in [1.807, 2.05) is 6.08 Å². The summed E-state index contributed by atoms with van der Waals surface area (Å²) in [5.74, 6) is 1.78. The normalized spacial score (nSPS) is 19.6. The van der Waals surface area contributed by atoms with Gasteiger partial charge in [-0.25, -0.2) is 0 Å². The Kier molecular flexibility index (Phi) is 7.12. The molecule has 2 aromatic carbocycles. The van der Waals surface area contributed by atoms with E-state index in [0.29, 0.717) is 0 Å². The van der Waals surface area contributed by atoms with Crippen molar-refractivity contribution in [3.05, 3.63) is 83.4 Å². The van der Waals surface area contributed by atoms with Crippen LogP contribution in [0.5, 0.6) is 0 Å². The molecule has 0 N–H and O–H groups in total. The molecule has 0 nitrogen and oxygen atoms in total. The van der Waals surface area contributed by atoms with Gasteiger partial charge in [-0.05, 0) is 79.0 Å². The van der Waals surface area contributed by atoms with Crippen LogP contribution in [-0.4, -0.2) is 0 Å². The Morgan fingerprint density at radius 2 is 1.42 bits per heavy atom. The number of aryl methyl sites for hydroxylation is 3. The fraction of sp³-hybridized carbons (Fsp3) is 0.462. The molecule has 0 heteroatoms. The molecule has 0 radical (unpaired) electrons. The fourth-order valence-corrected chi connectivity index (χ4v) is 4.43. The molecular formula is C26H34. The molecule has 0 bridgehead atoms. The maximum absolute atomic E-state index is 3.80. The van der Waals surface area contributed by atoms with E-state index in [4.69, 9.17) is 0 Å². The lowest BCUT2D eigenvalue weighted by atomic mass is 9.93. The van der Waals surface area contributed by atoms with Crippen molar-refractivity contribution in [3.63, 3.8) is 0 Å². The van der Waals surface area contributed by atoms with E-state index >= 15 is 0 Å². The van der Waals surface area contributed by atoms with Crippen LogP contribution in [0.1, 0.15) is 73.6 Å². The molecule has 0 amide bonds. The van der Waals surface area contributed by atoms with Crippen LogP contribution in [0.4, 0.5) is 0 Å². The maximum atomic E-state index is 3.80. The van der Waals surface area contributed by atoms with Crippen LogP contribution in [0.15, 0.2) is 61.2 Å². The van der Waals surface area contributed by atoms with Gasteiger partial charge in [0.1, 0.15) is 0 Å². The summed E-state index contributed by atoms with van der Waals surface area (Å²) in [7, 11) is 0. The van der Waals surface area contributed by atoms with E-state index < -0.39 is 0 Å². The monoisotopic (exact) mass is 346 g/mol. The lowest BCUT2D eigenvalue weighted by Crippen LogP contribution is -1.97. The van der Waals surface area contributed by atoms with Gasteiger partial charge >= 0.3 is 0 Å². The molecule has 2 unspecified atom stereocenters. The third-order valence-electron chi connectivity index (χ3n) is 6.05. The Bertz CT molecular complexity index is 662. The molecule has 2 aromatic rings. The average molecular weight is 347 g/mol. The lowest BCUT2D eigenvalue weighted by molar-refractivity contribution is 0.489. The summed E-state index contributed by atoms with van der Waals surface area (Å²) in [6, 6.07) is 18.6. The van der Waals surface area contributed by atoms with Crippen LogP contribution in [0.25, 0.3) is 0 Å². The summed E-state index contributed by atoms with van der Waals surface area (Å²) in [6.07, 6.45) is 13.4. The molecule has 0 saturated heterocycles. The first-order chi connectivity index (χ1) is 12.8. The lowest BCUT2D eigenvalue weighted by Gasteiger charge is -2.12. The van der Waals surface area contributed by atoms with Gasteiger partial charge in [0, 0.05) is 0 Å². The minimum absolute atomic E-state index is 0.809. The third-order valence-corrected chi connectivity index (χ3v) is 6.05. The number of benzene rings is 2. The predicted octanol–water partition coefficient (Wildman–Crippen LogP) is 7.27. The van der Waals surface area contributed by atoms with Crippen LogP contribution in [0.2, 0.25) is 0 Å². The molecule has 1 saturated carbocycles. The predicted molar refractivity (Wildman–Crippen MR) is 114 cm³/mol. The molecule has 2 atom stereocenters. The average Bonchev–Trinajstić information content (AvgIpc) is 3.15. The third kappa shape index (κ3) is 5.34. The molecule has 0 aromatic heterocycles. The number of hydrogen-bond donors (Lipinski definition) is 0. The summed E-state index contributed by atoms with van der Waals surface area (Å²) >= 11 is 0. The quantitative estimate of drug-likeness (QED) is 0.419. The van der Waals surface area contributed by atoms with E-state index in [-0.39, 0.29) is 0 Å². The van der Waals surface area contributed by atoms with Crippen molar-refractivity contribution in [1.29, 1.82) is 0 Å². The van der Waals surface area contributed by atoms with Gasteiger partial charge in [-0.2, -0.15) is 0 Å². The SMILES string of the molecule is C=CCCc1ccc(CCc2ccc(C3CCC(CCC)C3)cc2)cc1. The standard InChI is InChI=1S/C26H34/c1-3-5-7-21-8-10-22(11-9-21)12-13-23-14-17-25(18-15-23)26-19-16-24(20-26)6-4-2/h3,8-11,14-15,17-18,24,26H,1,4-7,12-13,16,19-20H2,2H3. The van der Waals surface area contributed by atoms with E-state index in [1.165, 1.54) is 48.8 Å². The Balaban J connectivity index is 1.49. The highest BCUT2D eigenvalue weighted by molar-refractivity contribution is 5.28. The van der Waals surface area contributed by atoms with Gasteiger partial charge < -0.3 is 0 Å². The zero-order valence-corrected chi connectivity index (χ0v) is 16.4. The van der Waals surface area contributed by atoms with Crippen molar-refractivity contribution in [2.45, 2.75) is 70.6 Å². The zero-order chi connectivity index (χ0) is 18.2. The molecule has 138 valence electrons. The Hall–Kier alpha value is -1.82. The highest BCUT2D eigenvalue weighted by Gasteiger charge is 2.24. The molecule has 26 heavy (non-hydrogen) atoms. The smallest absolute Gasteiger partial charge is 0.0159 e. The first-order valence-electron chi connectivity index (χ1n) is 10.6. The summed E-state index contributed by atoms with van der Waals surface area (Å²) < 4.78 is 0. The highest BCUT2D eigenvalue weighted by Crippen LogP contribution is 2.40. The van der Waals surface area contributed by atoms with E-state index in [2.05, 4.69) is 62.0 Å². The molecular weight excluding hydrogens is 312 g/mol. The Labute approximate surface area is 160 Å². The minimum Gasteiger partial charge on any atom is -0.103 e. The summed E-state index contributed by atoms with van der Waals surface area (Å²) in [6.45, 7) is 6.12. The molecule has 0 aliphatic heterocycles. The summed E-state index contributed by atoms with van der Waals surface area (Å²) in [5, 5.41) is 0. The van der Waals surface area contributed by atoms with Gasteiger partial charge in [-0.1, -0.05) is 74.4 Å². The van der Waals surface area contributed by atoms with Gasteiger partial charge in [0.15, 0.2) is 0 Å². The van der Waals surface area contributed by atoms with Crippen molar-refractivity contribution < 1.29 is 0 Å². The highest BCUT2D eigenvalue weighted by atomic mass is 14.3. The minimum atomic E-state index is 0.809. The van der Waals surface area contributed by atoms with Gasteiger partial charge in [0.05, 0.1) is 0 Å². The van der Waals surface area contributed by atoms with Crippen molar-refractivity contribution in [1.82, 2.24) is 0 Å². The van der Waals surface area contributed by atoms with Crippen LogP contribution >= 0.6 is 0 Å². The van der Waals surface area contributed by atoms with Crippen molar-refractivity contribution >= 4 is 0 Å². The summed E-state index contributed by atoms with van der Waals surface area (Å²) in [4.78, 5) is 0. The Morgan fingerprint density at radius 3 is 2.00 bits per heavy atom. The fourth-order valence-electron chi connectivity index (χ4n) is 4.43. The molecule has 0 heterocycles. The van der Waals surface area contributed by atoms with Crippen LogP contribution in [0.3, 0.4) is 0 Å². The summed E-state index contributed by atoms with van der Waals surface area (Å²) in [5.41, 5.74) is 5.89. The van der Waals surface area contributed by atoms with Crippen LogP contribution in [0, 0.1) is 5.92 Å². The van der Waals surface area contributed by atoms with Crippen LogP contribution < -0.4 is 0 Å². The largest absolute Gasteiger partial charge is 0.103 e. The molecule has 1 aliphatic carbocycles. The van der Waals surface area contributed by atoms with E-state index in [9.17, 15) is 0 Å². The van der Waals surface area contributed by atoms with Gasteiger partial charge in [0.25, 0.3) is 0 Å². The molecule has 1 aliphatic rings. The number of hydrogen-bond acceptors (Lipinski definition) is 0. The topological polar surface area (TPSA) is 0 Å². The van der Waals surface area contributed by atoms with E-state index in [1.54, 1.807) is 5.56 Å². The van der Waals surface area contributed by atoms with Gasteiger partial charge in [-0.15, -0.1) is 6.58 Å². The second-order valence-electron chi connectivity index (χ2n) is 8.05. The van der Waals surface area contributed by atoms with Crippen molar-refractivity contribution in [2.75, 3.05) is 0 Å². The first-order valence-corrected chi connectivity index (χ1v) is 10.6. The van der Waals surface area contributed by atoms with Gasteiger partial charge in [0.2, 0.25) is 0 Å². The molecule has 1 fully saturated rings. The Morgan fingerprint density at radius 1 is 0.846 bits per heavy atom. The van der Waals surface area contributed by atoms with Crippen molar-refractivity contribution in [3.8, 4) is 0 Å². The maximum Gasteiger partial charge on any atom is -0.0159 e. The second kappa shape index (κ2) is 9.76. The number of allylic oxidation sites excluding steroid dienone is 1. The van der Waals surface area contributed by atoms with Crippen LogP contribution in [-0.2, 0) is 19.3 Å². The van der Waals surface area contributed by atoms with E-state index in [0.717, 1.165) is 37.5 Å². The van der Waals surface area contributed by atoms with Crippen molar-refractivity contribution in [2.24, 2.45) is 5.92 Å². The molecule has 3 rings (SSSR count).